The van der Waals surface area contributed by atoms with Gasteiger partial charge in [-0.3, -0.25) is 4.79 Å². The molecule has 1 aromatic carbocycles. The molecule has 1 amide bonds. The quantitative estimate of drug-likeness (QED) is 0.762. The van der Waals surface area contributed by atoms with E-state index in [0.29, 0.717) is 43.9 Å². The number of hydrogen-bond acceptors (Lipinski definition) is 6. The van der Waals surface area contributed by atoms with Crippen LogP contribution in [0.25, 0.3) is 0 Å². The highest BCUT2D eigenvalue weighted by Crippen LogP contribution is 2.30. The average molecular weight is 447 g/mol. The predicted octanol–water partition coefficient (Wildman–Crippen LogP) is 2.33. The van der Waals surface area contributed by atoms with Gasteiger partial charge in [-0.05, 0) is 50.5 Å². The van der Waals surface area contributed by atoms with E-state index in [2.05, 4.69) is 20.7 Å². The lowest BCUT2D eigenvalue weighted by molar-refractivity contribution is -0.126. The highest BCUT2D eigenvalue weighted by atomic mass is 32.2. The van der Waals surface area contributed by atoms with Crippen molar-refractivity contribution in [2.24, 2.45) is 10.3 Å². The first kappa shape index (κ1) is 21.0. The van der Waals surface area contributed by atoms with Gasteiger partial charge in [-0.25, -0.2) is 0 Å². The summed E-state index contributed by atoms with van der Waals surface area (Å²) < 4.78 is 28.6. The smallest absolute Gasteiger partial charge is 0.285 e. The van der Waals surface area contributed by atoms with Crippen molar-refractivity contribution in [3.8, 4) is 0 Å². The van der Waals surface area contributed by atoms with Crippen LogP contribution in [-0.2, 0) is 14.8 Å². The molecule has 1 fully saturated rings. The molecule has 1 aromatic heterocycles. The number of thiophene rings is 1. The number of nitrogens with one attached hydrogen (secondary N) is 1. The second-order valence-corrected chi connectivity index (χ2v) is 10.4. The van der Waals surface area contributed by atoms with Crippen molar-refractivity contribution in [3.05, 3.63) is 52.2 Å². The van der Waals surface area contributed by atoms with Gasteiger partial charge < -0.3 is 15.1 Å². The number of carbonyl (C=O) groups excluding carboxylic acids is 1. The van der Waals surface area contributed by atoms with E-state index >= 15 is 0 Å². The fourth-order valence-electron chi connectivity index (χ4n) is 4.03. The Kier molecular flexibility index (Phi) is 5.95. The van der Waals surface area contributed by atoms with E-state index < -0.39 is 10.0 Å². The fourth-order valence-corrected chi connectivity index (χ4v) is 6.18. The number of hydrogen-bond donors (Lipinski definition) is 1. The molecule has 4 rings (SSSR count). The number of likely N-dealkylation sites (tertiary alicyclic amines) is 1. The first-order valence-electron chi connectivity index (χ1n) is 10.0. The highest BCUT2D eigenvalue weighted by Gasteiger charge is 2.34. The van der Waals surface area contributed by atoms with E-state index in [0.717, 1.165) is 0 Å². The van der Waals surface area contributed by atoms with Crippen molar-refractivity contribution < 1.29 is 13.2 Å². The third-order valence-corrected chi connectivity index (χ3v) is 8.04. The normalized spacial score (nSPS) is 19.4. The second kappa shape index (κ2) is 8.49. The lowest BCUT2D eigenvalue weighted by Gasteiger charge is -2.33. The molecule has 1 unspecified atom stereocenters. The summed E-state index contributed by atoms with van der Waals surface area (Å²) >= 11 is 1.69. The summed E-state index contributed by atoms with van der Waals surface area (Å²) in [4.78, 5) is 18.4. The lowest BCUT2D eigenvalue weighted by Crippen LogP contribution is -2.44. The molecule has 2 aromatic rings. The van der Waals surface area contributed by atoms with Crippen molar-refractivity contribution in [2.75, 3.05) is 33.7 Å². The second-order valence-electron chi connectivity index (χ2n) is 7.89. The molecule has 30 heavy (non-hydrogen) atoms. The maximum absolute atomic E-state index is 12.8. The van der Waals surface area contributed by atoms with Gasteiger partial charge in [0.1, 0.15) is 4.90 Å². The lowest BCUT2D eigenvalue weighted by atomic mass is 9.95. The Labute approximate surface area is 181 Å². The Morgan fingerprint density at radius 2 is 1.97 bits per heavy atom. The topological polar surface area (TPSA) is 82.1 Å². The molecule has 1 saturated heterocycles. The van der Waals surface area contributed by atoms with Gasteiger partial charge in [0.05, 0.1) is 6.04 Å². The van der Waals surface area contributed by atoms with Gasteiger partial charge in [0.15, 0.2) is 5.84 Å². The molecule has 3 heterocycles. The van der Waals surface area contributed by atoms with E-state index in [1.807, 2.05) is 36.5 Å². The van der Waals surface area contributed by atoms with Gasteiger partial charge in [0, 0.05) is 36.0 Å². The summed E-state index contributed by atoms with van der Waals surface area (Å²) in [5.41, 5.74) is 0.658. The molecule has 0 radical (unpaired) electrons. The number of likely N-dealkylation sites (N-methyl/N-ethyl adjacent to an activating group) is 1. The van der Waals surface area contributed by atoms with Gasteiger partial charge in [-0.15, -0.1) is 15.7 Å². The number of amidine groups is 1. The monoisotopic (exact) mass is 446 g/mol. The summed E-state index contributed by atoms with van der Waals surface area (Å²) in [5.74, 6) is 0.510. The number of nitrogens with zero attached hydrogens (tertiary/aromatic N) is 3. The van der Waals surface area contributed by atoms with Crippen molar-refractivity contribution in [3.63, 3.8) is 0 Å². The molecule has 0 saturated carbocycles. The maximum Gasteiger partial charge on any atom is 0.285 e. The summed E-state index contributed by atoms with van der Waals surface area (Å²) in [6, 6.07) is 11.2. The molecule has 9 heteroatoms. The number of benzene rings is 1. The zero-order valence-electron chi connectivity index (χ0n) is 17.1. The van der Waals surface area contributed by atoms with Gasteiger partial charge in [0.2, 0.25) is 5.91 Å². The van der Waals surface area contributed by atoms with Gasteiger partial charge in [0.25, 0.3) is 10.0 Å². The van der Waals surface area contributed by atoms with Crippen molar-refractivity contribution in [1.82, 2.24) is 15.1 Å². The Hall–Kier alpha value is -2.23. The van der Waals surface area contributed by atoms with E-state index in [4.69, 9.17) is 0 Å². The highest BCUT2D eigenvalue weighted by molar-refractivity contribution is 7.90. The fraction of sp³-hybridized carbons (Fsp3) is 0.429. The zero-order chi connectivity index (χ0) is 21.3. The number of rotatable bonds is 5. The van der Waals surface area contributed by atoms with Crippen molar-refractivity contribution in [2.45, 2.75) is 23.8 Å². The van der Waals surface area contributed by atoms with Gasteiger partial charge >= 0.3 is 0 Å². The van der Waals surface area contributed by atoms with Gasteiger partial charge in [-0.2, -0.15) is 8.42 Å². The average Bonchev–Trinajstić information content (AvgIpc) is 3.35. The SMILES string of the molecule is CN(C)C(CNC(=O)C1CCN(C2=NS(=O)(=O)c3ccccc32)CC1)c1cccs1. The number of fused-ring (bicyclic) bond motifs is 1. The third kappa shape index (κ3) is 4.14. The number of carbonyl (C=O) groups is 1. The molecule has 0 spiro atoms. The summed E-state index contributed by atoms with van der Waals surface area (Å²) in [6.45, 7) is 1.80. The molecular weight excluding hydrogens is 420 g/mol. The number of piperidine rings is 1. The van der Waals surface area contributed by atoms with Crippen LogP contribution in [0.3, 0.4) is 0 Å². The standard InChI is InChI=1S/C21H26N4O3S2/c1-24(2)17(18-7-5-13-29-18)14-22-21(26)15-9-11-25(12-10-15)20-16-6-3-4-8-19(16)30(27,28)23-20/h3-8,13,15,17H,9-12,14H2,1-2H3,(H,22,26). The Balaban J connectivity index is 1.35. The number of amides is 1. The van der Waals surface area contributed by atoms with Crippen LogP contribution in [-0.4, -0.2) is 63.7 Å². The van der Waals surface area contributed by atoms with E-state index in [1.165, 1.54) is 4.88 Å². The van der Waals surface area contributed by atoms with Crippen LogP contribution in [0, 0.1) is 5.92 Å². The molecule has 2 aliphatic rings. The van der Waals surface area contributed by atoms with Gasteiger partial charge in [-0.1, -0.05) is 18.2 Å². The zero-order valence-corrected chi connectivity index (χ0v) is 18.7. The van der Waals surface area contributed by atoms with Crippen LogP contribution in [0.5, 0.6) is 0 Å². The van der Waals surface area contributed by atoms with Crippen LogP contribution >= 0.6 is 11.3 Å². The Morgan fingerprint density at radius 3 is 2.63 bits per heavy atom. The van der Waals surface area contributed by atoms with E-state index in [9.17, 15) is 13.2 Å². The summed E-state index contributed by atoms with van der Waals surface area (Å²) in [7, 11) is 0.416. The van der Waals surface area contributed by atoms with Crippen molar-refractivity contribution >= 4 is 33.1 Å². The molecule has 7 nitrogen and oxygen atoms in total. The minimum atomic E-state index is -3.62. The van der Waals surface area contributed by atoms with E-state index in [1.54, 1.807) is 29.5 Å². The molecular formula is C21H26N4O3S2. The van der Waals surface area contributed by atoms with E-state index in [-0.39, 0.29) is 22.8 Å². The minimum absolute atomic E-state index is 0.0683. The summed E-state index contributed by atoms with van der Waals surface area (Å²) in [5, 5.41) is 5.17. The van der Waals surface area contributed by atoms with Crippen LogP contribution in [0.1, 0.15) is 29.3 Å². The Bertz CT molecular complexity index is 1040. The predicted molar refractivity (Wildman–Crippen MR) is 118 cm³/mol. The van der Waals surface area contributed by atoms with Crippen LogP contribution < -0.4 is 5.32 Å². The van der Waals surface area contributed by atoms with Crippen LogP contribution in [0.15, 0.2) is 51.1 Å². The molecule has 2 aliphatic heterocycles. The van der Waals surface area contributed by atoms with Crippen LogP contribution in [0.4, 0.5) is 0 Å². The van der Waals surface area contributed by atoms with Crippen molar-refractivity contribution in [1.29, 1.82) is 0 Å². The molecule has 0 bridgehead atoms. The minimum Gasteiger partial charge on any atom is -0.355 e. The summed E-state index contributed by atoms with van der Waals surface area (Å²) in [6.07, 6.45) is 1.36. The largest absolute Gasteiger partial charge is 0.355 e. The molecule has 160 valence electrons. The van der Waals surface area contributed by atoms with Crippen LogP contribution in [0.2, 0.25) is 0 Å². The first-order valence-corrected chi connectivity index (χ1v) is 12.4. The maximum atomic E-state index is 12.8. The molecule has 0 aliphatic carbocycles. The Morgan fingerprint density at radius 1 is 1.23 bits per heavy atom. The molecule has 1 atom stereocenters. The number of sulfonamides is 1. The first-order chi connectivity index (χ1) is 14.4. The third-order valence-electron chi connectivity index (χ3n) is 5.74. The molecule has 1 N–H and O–H groups in total.